The quantitative estimate of drug-likeness (QED) is 0.862. The molecule has 0 bridgehead atoms. The molecule has 1 amide bonds. The summed E-state index contributed by atoms with van der Waals surface area (Å²) in [4.78, 5) is 14.8. The number of rotatable bonds is 5. The number of nitrogens with two attached hydrogens (primary N) is 1. The second-order valence-corrected chi connectivity index (χ2v) is 5.68. The zero-order valence-electron chi connectivity index (χ0n) is 12.4. The average molecular weight is 300 g/mol. The molecule has 0 saturated carbocycles. The van der Waals surface area contributed by atoms with Crippen molar-refractivity contribution in [2.45, 2.75) is 13.8 Å². The van der Waals surface area contributed by atoms with Crippen molar-refractivity contribution < 1.29 is 4.79 Å². The van der Waals surface area contributed by atoms with Crippen LogP contribution < -0.4 is 5.73 Å². The van der Waals surface area contributed by atoms with Gasteiger partial charge in [-0.1, -0.05) is 49.5 Å². The number of nitrogens with zero attached hydrogens (tertiary/aromatic N) is 1. The minimum atomic E-state index is 0.0179. The van der Waals surface area contributed by atoms with E-state index in [0.717, 1.165) is 10.8 Å². The van der Waals surface area contributed by atoms with Gasteiger partial charge >= 0.3 is 0 Å². The molecule has 4 heteroatoms. The van der Waals surface area contributed by atoms with Crippen LogP contribution >= 0.6 is 12.2 Å². The molecule has 2 aromatic carbocycles. The molecule has 1 atom stereocenters. The summed E-state index contributed by atoms with van der Waals surface area (Å²) >= 11 is 4.99. The lowest BCUT2D eigenvalue weighted by molar-refractivity contribution is 0.0755. The summed E-state index contributed by atoms with van der Waals surface area (Å²) < 4.78 is 0. The second kappa shape index (κ2) is 6.68. The number of fused-ring (bicyclic) bond motifs is 1. The number of amides is 1. The summed E-state index contributed by atoms with van der Waals surface area (Å²) in [6, 6.07) is 13.8. The molecular weight excluding hydrogens is 280 g/mol. The first kappa shape index (κ1) is 15.4. The van der Waals surface area contributed by atoms with Gasteiger partial charge in [-0.05, 0) is 29.8 Å². The molecule has 0 aliphatic carbocycles. The van der Waals surface area contributed by atoms with Gasteiger partial charge in [0.25, 0.3) is 5.91 Å². The van der Waals surface area contributed by atoms with Gasteiger partial charge in [-0.2, -0.15) is 0 Å². The summed E-state index contributed by atoms with van der Waals surface area (Å²) in [5, 5.41) is 2.20. The van der Waals surface area contributed by atoms with Gasteiger partial charge in [0.05, 0.1) is 4.99 Å². The fourth-order valence-electron chi connectivity index (χ4n) is 2.28. The molecule has 2 rings (SSSR count). The number of carbonyl (C=O) groups is 1. The summed E-state index contributed by atoms with van der Waals surface area (Å²) in [6.45, 7) is 5.10. The highest BCUT2D eigenvalue weighted by molar-refractivity contribution is 7.80. The van der Waals surface area contributed by atoms with Gasteiger partial charge in [0.2, 0.25) is 0 Å². The summed E-state index contributed by atoms with van der Waals surface area (Å²) in [7, 11) is 0. The highest BCUT2D eigenvalue weighted by Crippen LogP contribution is 2.17. The van der Waals surface area contributed by atoms with Crippen LogP contribution in [0.2, 0.25) is 0 Å². The number of benzene rings is 2. The first-order valence-corrected chi connectivity index (χ1v) is 7.51. The third-order valence-corrected chi connectivity index (χ3v) is 4.05. The van der Waals surface area contributed by atoms with Crippen molar-refractivity contribution in [2.24, 2.45) is 11.7 Å². The molecule has 0 aliphatic heterocycles. The van der Waals surface area contributed by atoms with E-state index >= 15 is 0 Å². The van der Waals surface area contributed by atoms with Gasteiger partial charge in [-0.3, -0.25) is 4.79 Å². The lowest BCUT2D eigenvalue weighted by Crippen LogP contribution is -2.38. The van der Waals surface area contributed by atoms with Gasteiger partial charge in [0, 0.05) is 24.6 Å². The molecule has 1 unspecified atom stereocenters. The largest absolute Gasteiger partial charge is 0.393 e. The van der Waals surface area contributed by atoms with E-state index in [2.05, 4.69) is 0 Å². The summed E-state index contributed by atoms with van der Waals surface area (Å²) in [5.41, 5.74) is 6.35. The van der Waals surface area contributed by atoms with E-state index in [1.54, 1.807) is 4.90 Å². The van der Waals surface area contributed by atoms with Crippen LogP contribution in [0.5, 0.6) is 0 Å². The smallest absolute Gasteiger partial charge is 0.253 e. The third kappa shape index (κ3) is 3.58. The van der Waals surface area contributed by atoms with Gasteiger partial charge in [0.15, 0.2) is 0 Å². The Kier molecular flexibility index (Phi) is 4.91. The minimum absolute atomic E-state index is 0.0179. The molecular formula is C17H20N2OS. The van der Waals surface area contributed by atoms with E-state index in [1.165, 1.54) is 0 Å². The summed E-state index contributed by atoms with van der Waals surface area (Å²) in [6.07, 6.45) is 0. The van der Waals surface area contributed by atoms with E-state index in [9.17, 15) is 4.79 Å². The molecule has 21 heavy (non-hydrogen) atoms. The Morgan fingerprint density at radius 3 is 2.52 bits per heavy atom. The fraction of sp³-hybridized carbons (Fsp3) is 0.294. The van der Waals surface area contributed by atoms with Crippen LogP contribution in [0.15, 0.2) is 42.5 Å². The van der Waals surface area contributed by atoms with Gasteiger partial charge < -0.3 is 10.6 Å². The Labute approximate surface area is 130 Å². The molecule has 2 N–H and O–H groups in total. The SMILES string of the molecule is CCN(CC(C)C(N)=S)C(=O)c1ccc2ccccc2c1. The Balaban J connectivity index is 2.24. The lowest BCUT2D eigenvalue weighted by Gasteiger charge is -2.24. The van der Waals surface area contributed by atoms with Crippen molar-refractivity contribution in [1.29, 1.82) is 0 Å². The second-order valence-electron chi connectivity index (χ2n) is 5.21. The molecule has 0 aromatic heterocycles. The Morgan fingerprint density at radius 2 is 1.90 bits per heavy atom. The Morgan fingerprint density at radius 1 is 1.24 bits per heavy atom. The first-order valence-electron chi connectivity index (χ1n) is 7.10. The Hall–Kier alpha value is -1.94. The fourth-order valence-corrected chi connectivity index (χ4v) is 2.36. The normalized spacial score (nSPS) is 12.1. The topological polar surface area (TPSA) is 46.3 Å². The maximum Gasteiger partial charge on any atom is 0.253 e. The highest BCUT2D eigenvalue weighted by Gasteiger charge is 2.18. The zero-order valence-corrected chi connectivity index (χ0v) is 13.2. The van der Waals surface area contributed by atoms with Crippen LogP contribution in [0.1, 0.15) is 24.2 Å². The predicted molar refractivity (Wildman–Crippen MR) is 91.5 cm³/mol. The molecule has 0 saturated heterocycles. The third-order valence-electron chi connectivity index (χ3n) is 3.65. The van der Waals surface area contributed by atoms with E-state index in [0.29, 0.717) is 23.6 Å². The van der Waals surface area contributed by atoms with E-state index in [-0.39, 0.29) is 11.8 Å². The number of carbonyl (C=O) groups excluding carboxylic acids is 1. The monoisotopic (exact) mass is 300 g/mol. The van der Waals surface area contributed by atoms with Crippen LogP contribution in [0, 0.1) is 5.92 Å². The maximum atomic E-state index is 12.6. The Bertz CT molecular complexity index is 669. The van der Waals surface area contributed by atoms with Crippen molar-refractivity contribution in [2.75, 3.05) is 13.1 Å². The van der Waals surface area contributed by atoms with Gasteiger partial charge in [-0.25, -0.2) is 0 Å². The molecule has 0 fully saturated rings. The van der Waals surface area contributed by atoms with Gasteiger partial charge in [-0.15, -0.1) is 0 Å². The molecule has 3 nitrogen and oxygen atoms in total. The molecule has 0 spiro atoms. The van der Waals surface area contributed by atoms with E-state index in [4.69, 9.17) is 18.0 Å². The van der Waals surface area contributed by atoms with Crippen molar-refractivity contribution in [3.05, 3.63) is 48.0 Å². The highest BCUT2D eigenvalue weighted by atomic mass is 32.1. The number of thiocarbonyl (C=S) groups is 1. The summed E-state index contributed by atoms with van der Waals surface area (Å²) in [5.74, 6) is 0.0377. The lowest BCUT2D eigenvalue weighted by atomic mass is 10.1. The van der Waals surface area contributed by atoms with Crippen LogP contribution in [0.4, 0.5) is 0 Å². The standard InChI is InChI=1S/C17H20N2OS/c1-3-19(11-12(2)16(18)21)17(20)15-9-8-13-6-4-5-7-14(13)10-15/h4-10,12H,3,11H2,1-2H3,(H2,18,21). The van der Waals surface area contributed by atoms with Crippen LogP contribution in [0.3, 0.4) is 0 Å². The van der Waals surface area contributed by atoms with Crippen molar-refractivity contribution in [3.63, 3.8) is 0 Å². The van der Waals surface area contributed by atoms with E-state index < -0.39 is 0 Å². The van der Waals surface area contributed by atoms with E-state index in [1.807, 2.05) is 56.3 Å². The van der Waals surface area contributed by atoms with Crippen molar-refractivity contribution in [3.8, 4) is 0 Å². The van der Waals surface area contributed by atoms with Crippen LogP contribution in [-0.2, 0) is 0 Å². The van der Waals surface area contributed by atoms with Crippen LogP contribution in [-0.4, -0.2) is 28.9 Å². The van der Waals surface area contributed by atoms with Crippen molar-refractivity contribution >= 4 is 33.9 Å². The number of hydrogen-bond acceptors (Lipinski definition) is 2. The van der Waals surface area contributed by atoms with Gasteiger partial charge in [0.1, 0.15) is 0 Å². The molecule has 0 aliphatic rings. The maximum absolute atomic E-state index is 12.6. The molecule has 2 aromatic rings. The number of hydrogen-bond donors (Lipinski definition) is 1. The zero-order chi connectivity index (χ0) is 15.4. The molecule has 110 valence electrons. The molecule has 0 radical (unpaired) electrons. The van der Waals surface area contributed by atoms with Crippen LogP contribution in [0.25, 0.3) is 10.8 Å². The molecule has 0 heterocycles. The average Bonchev–Trinajstić information content (AvgIpc) is 2.51. The van der Waals surface area contributed by atoms with Crippen molar-refractivity contribution in [1.82, 2.24) is 4.90 Å². The first-order chi connectivity index (χ1) is 10.0. The minimum Gasteiger partial charge on any atom is -0.393 e. The predicted octanol–water partition coefficient (Wildman–Crippen LogP) is 3.22.